The lowest BCUT2D eigenvalue weighted by Gasteiger charge is -2.19. The number of benzene rings is 1. The summed E-state index contributed by atoms with van der Waals surface area (Å²) < 4.78 is 11.1. The third kappa shape index (κ3) is 5.22. The van der Waals surface area contributed by atoms with E-state index in [0.29, 0.717) is 42.5 Å². The van der Waals surface area contributed by atoms with E-state index in [2.05, 4.69) is 18.3 Å². The highest BCUT2D eigenvalue weighted by Crippen LogP contribution is 2.43. The zero-order valence-electron chi connectivity index (χ0n) is 18.3. The van der Waals surface area contributed by atoms with Gasteiger partial charge < -0.3 is 14.8 Å². The molecule has 5 nitrogen and oxygen atoms in total. The summed E-state index contributed by atoms with van der Waals surface area (Å²) in [6, 6.07) is 6.10. The van der Waals surface area contributed by atoms with E-state index in [1.54, 1.807) is 6.92 Å². The molecule has 1 aliphatic carbocycles. The fourth-order valence-electron chi connectivity index (χ4n) is 3.87. The Bertz CT molecular complexity index is 918. The van der Waals surface area contributed by atoms with Crippen LogP contribution in [-0.4, -0.2) is 25.1 Å². The van der Waals surface area contributed by atoms with Crippen LogP contribution in [0.15, 0.2) is 18.2 Å². The first kappa shape index (κ1) is 22.3. The van der Waals surface area contributed by atoms with Crippen LogP contribution in [0.4, 0.5) is 5.00 Å². The summed E-state index contributed by atoms with van der Waals surface area (Å²) in [5.41, 5.74) is 3.86. The molecule has 1 N–H and O–H groups in total. The number of hydrogen-bond acceptors (Lipinski definition) is 5. The molecule has 1 atom stereocenters. The first-order valence-electron chi connectivity index (χ1n) is 10.7. The Labute approximate surface area is 182 Å². The number of ether oxygens (including phenoxy) is 2. The molecule has 1 heterocycles. The van der Waals surface area contributed by atoms with E-state index >= 15 is 0 Å². The predicted molar refractivity (Wildman–Crippen MR) is 121 cm³/mol. The molecule has 0 spiro atoms. The van der Waals surface area contributed by atoms with Crippen molar-refractivity contribution in [3.05, 3.63) is 45.3 Å². The van der Waals surface area contributed by atoms with E-state index in [1.807, 2.05) is 26.0 Å². The number of carbonyl (C=O) groups excluding carboxylic acids is 2. The van der Waals surface area contributed by atoms with Crippen molar-refractivity contribution in [2.45, 2.75) is 65.7 Å². The van der Waals surface area contributed by atoms with Crippen molar-refractivity contribution in [2.75, 3.05) is 18.5 Å². The summed E-state index contributed by atoms with van der Waals surface area (Å²) in [4.78, 5) is 26.4. The Morgan fingerprint density at radius 3 is 2.83 bits per heavy atom. The van der Waals surface area contributed by atoms with Crippen molar-refractivity contribution in [3.8, 4) is 5.75 Å². The standard InChI is InChI=1S/C24H31NO4S/c1-5-28-24(27)22-21-17(4)8-6-9-19(21)30-23(22)25-20(26)10-7-13-29-18-14-15(2)11-12-16(18)3/h11-12,14,17H,5-10,13H2,1-4H3,(H,25,26). The highest BCUT2D eigenvalue weighted by molar-refractivity contribution is 7.17. The Kier molecular flexibility index (Phi) is 7.53. The molecule has 1 aliphatic rings. The number of esters is 1. The molecular formula is C24H31NO4S. The van der Waals surface area contributed by atoms with Crippen molar-refractivity contribution >= 4 is 28.2 Å². The number of aryl methyl sites for hydroxylation is 3. The normalized spacial score (nSPS) is 15.4. The first-order chi connectivity index (χ1) is 14.4. The van der Waals surface area contributed by atoms with Crippen LogP contribution in [-0.2, 0) is 16.0 Å². The van der Waals surface area contributed by atoms with Crippen LogP contribution in [0.1, 0.15) is 77.4 Å². The van der Waals surface area contributed by atoms with Crippen LogP contribution in [0.25, 0.3) is 0 Å². The van der Waals surface area contributed by atoms with Crippen LogP contribution in [0, 0.1) is 13.8 Å². The van der Waals surface area contributed by atoms with Crippen molar-refractivity contribution in [2.24, 2.45) is 0 Å². The molecule has 0 fully saturated rings. The summed E-state index contributed by atoms with van der Waals surface area (Å²) in [6.07, 6.45) is 4.07. The molecule has 1 unspecified atom stereocenters. The lowest BCUT2D eigenvalue weighted by Crippen LogP contribution is -2.17. The molecule has 0 bridgehead atoms. The molecule has 0 radical (unpaired) electrons. The van der Waals surface area contributed by atoms with Gasteiger partial charge in [0.05, 0.1) is 18.8 Å². The minimum Gasteiger partial charge on any atom is -0.493 e. The number of thiophene rings is 1. The van der Waals surface area contributed by atoms with Gasteiger partial charge in [0.1, 0.15) is 10.8 Å². The van der Waals surface area contributed by atoms with Gasteiger partial charge in [0.2, 0.25) is 5.91 Å². The minimum absolute atomic E-state index is 0.101. The van der Waals surface area contributed by atoms with Gasteiger partial charge >= 0.3 is 5.97 Å². The number of fused-ring (bicyclic) bond motifs is 1. The largest absolute Gasteiger partial charge is 0.493 e. The molecule has 1 amide bonds. The summed E-state index contributed by atoms with van der Waals surface area (Å²) in [7, 11) is 0. The van der Waals surface area contributed by atoms with Gasteiger partial charge in [-0.1, -0.05) is 19.1 Å². The molecule has 162 valence electrons. The topological polar surface area (TPSA) is 64.6 Å². The molecule has 30 heavy (non-hydrogen) atoms. The van der Waals surface area contributed by atoms with Crippen LogP contribution < -0.4 is 10.1 Å². The van der Waals surface area contributed by atoms with Gasteiger partial charge in [-0.3, -0.25) is 4.79 Å². The van der Waals surface area contributed by atoms with E-state index in [1.165, 1.54) is 16.2 Å². The second-order valence-electron chi connectivity index (χ2n) is 7.93. The highest BCUT2D eigenvalue weighted by atomic mass is 32.1. The highest BCUT2D eigenvalue weighted by Gasteiger charge is 2.30. The number of carbonyl (C=O) groups is 2. The number of hydrogen-bond donors (Lipinski definition) is 1. The Morgan fingerprint density at radius 1 is 1.27 bits per heavy atom. The molecular weight excluding hydrogens is 398 g/mol. The van der Waals surface area contributed by atoms with Crippen molar-refractivity contribution in [1.29, 1.82) is 0 Å². The molecule has 0 saturated carbocycles. The fraction of sp³-hybridized carbons (Fsp3) is 0.500. The van der Waals surface area contributed by atoms with Crippen LogP contribution in [0.5, 0.6) is 5.75 Å². The van der Waals surface area contributed by atoms with Crippen LogP contribution in [0.3, 0.4) is 0 Å². The van der Waals surface area contributed by atoms with Gasteiger partial charge in [-0.15, -0.1) is 11.3 Å². The molecule has 2 aromatic rings. The van der Waals surface area contributed by atoms with E-state index in [0.717, 1.165) is 41.7 Å². The van der Waals surface area contributed by atoms with Gasteiger partial charge in [-0.05, 0) is 75.1 Å². The predicted octanol–water partition coefficient (Wildman–Crippen LogP) is 5.78. The Hall–Kier alpha value is -2.34. The molecule has 0 saturated heterocycles. The van der Waals surface area contributed by atoms with Gasteiger partial charge in [0.15, 0.2) is 0 Å². The van der Waals surface area contributed by atoms with Gasteiger partial charge in [-0.25, -0.2) is 4.79 Å². The Balaban J connectivity index is 1.62. The third-order valence-electron chi connectivity index (χ3n) is 5.44. The molecule has 6 heteroatoms. The van der Waals surface area contributed by atoms with Gasteiger partial charge in [0.25, 0.3) is 0 Å². The van der Waals surface area contributed by atoms with E-state index in [9.17, 15) is 9.59 Å². The molecule has 1 aromatic heterocycles. The molecule has 3 rings (SSSR count). The number of rotatable bonds is 8. The average molecular weight is 430 g/mol. The summed E-state index contributed by atoms with van der Waals surface area (Å²) >= 11 is 1.52. The monoisotopic (exact) mass is 429 g/mol. The third-order valence-corrected chi connectivity index (χ3v) is 6.62. The van der Waals surface area contributed by atoms with Crippen LogP contribution in [0.2, 0.25) is 0 Å². The fourth-order valence-corrected chi connectivity index (χ4v) is 5.24. The second-order valence-corrected chi connectivity index (χ2v) is 9.03. The molecule has 1 aromatic carbocycles. The quantitative estimate of drug-likeness (QED) is 0.427. The summed E-state index contributed by atoms with van der Waals surface area (Å²) in [5.74, 6) is 0.731. The lowest BCUT2D eigenvalue weighted by atomic mass is 9.86. The first-order valence-corrected chi connectivity index (χ1v) is 11.5. The van der Waals surface area contributed by atoms with E-state index < -0.39 is 0 Å². The summed E-state index contributed by atoms with van der Waals surface area (Å²) in [5, 5.41) is 3.60. The van der Waals surface area contributed by atoms with Gasteiger partial charge in [-0.2, -0.15) is 0 Å². The maximum atomic E-state index is 12.6. The SMILES string of the molecule is CCOC(=O)c1c(NC(=O)CCCOc2cc(C)ccc2C)sc2c1C(C)CCC2. The summed E-state index contributed by atoms with van der Waals surface area (Å²) in [6.45, 7) is 8.78. The number of anilines is 1. The molecule has 0 aliphatic heterocycles. The van der Waals surface area contributed by atoms with Crippen molar-refractivity contribution in [1.82, 2.24) is 0 Å². The maximum Gasteiger partial charge on any atom is 0.341 e. The zero-order valence-corrected chi connectivity index (χ0v) is 19.1. The Morgan fingerprint density at radius 2 is 2.07 bits per heavy atom. The smallest absolute Gasteiger partial charge is 0.341 e. The number of amides is 1. The minimum atomic E-state index is -0.336. The second kappa shape index (κ2) is 10.1. The maximum absolute atomic E-state index is 12.6. The lowest BCUT2D eigenvalue weighted by molar-refractivity contribution is -0.116. The van der Waals surface area contributed by atoms with Gasteiger partial charge in [0, 0.05) is 11.3 Å². The zero-order chi connectivity index (χ0) is 21.7. The number of nitrogens with one attached hydrogen (secondary N) is 1. The van der Waals surface area contributed by atoms with E-state index in [-0.39, 0.29) is 11.9 Å². The van der Waals surface area contributed by atoms with Crippen LogP contribution >= 0.6 is 11.3 Å². The van der Waals surface area contributed by atoms with E-state index in [4.69, 9.17) is 9.47 Å². The van der Waals surface area contributed by atoms with Crippen molar-refractivity contribution in [3.63, 3.8) is 0 Å². The average Bonchev–Trinajstić information content (AvgIpc) is 3.07. The van der Waals surface area contributed by atoms with Crippen molar-refractivity contribution < 1.29 is 19.1 Å².